The molecule has 0 spiro atoms. The highest BCUT2D eigenvalue weighted by Crippen LogP contribution is 2.05. The Morgan fingerprint density at radius 2 is 2.67 bits per heavy atom. The molecule has 0 N–H and O–H groups in total. The van der Waals surface area contributed by atoms with Crippen LogP contribution in [0.15, 0.2) is 4.40 Å². The summed E-state index contributed by atoms with van der Waals surface area (Å²) in [6, 6.07) is 0. The Labute approximate surface area is 41.2 Å². The molecule has 1 heterocycles. The van der Waals surface area contributed by atoms with Crippen molar-refractivity contribution in [1.29, 1.82) is 0 Å². The minimum atomic E-state index is 0.825. The number of rotatable bonds is 0. The second-order valence-electron chi connectivity index (χ2n) is 1.05. The summed E-state index contributed by atoms with van der Waals surface area (Å²) < 4.78 is 3.90. The molecule has 0 bridgehead atoms. The number of amidine groups is 1. The molecule has 0 atom stereocenters. The summed E-state index contributed by atoms with van der Waals surface area (Å²) in [6.07, 6.45) is 0. The molecule has 0 saturated heterocycles. The van der Waals surface area contributed by atoms with E-state index in [1.165, 1.54) is 11.9 Å². The highest BCUT2D eigenvalue weighted by Gasteiger charge is 1.97. The zero-order chi connectivity index (χ0) is 4.41. The molecule has 1 aliphatic rings. The highest BCUT2D eigenvalue weighted by molar-refractivity contribution is 7.98. The third-order valence-electron chi connectivity index (χ3n) is 0.548. The first-order valence-electron chi connectivity index (χ1n) is 1.73. The van der Waals surface area contributed by atoms with E-state index in [1.807, 2.05) is 6.92 Å². The van der Waals surface area contributed by atoms with Crippen molar-refractivity contribution in [3.63, 3.8) is 0 Å². The second-order valence-corrected chi connectivity index (χ2v) is 1.75. The minimum absolute atomic E-state index is 0.825. The summed E-state index contributed by atoms with van der Waals surface area (Å²) in [7, 11) is 0. The number of hydrogen-bond acceptors (Lipinski definition) is 2. The number of nitrogens with zero attached hydrogens (tertiary/aromatic N) is 2. The van der Waals surface area contributed by atoms with Crippen molar-refractivity contribution >= 4 is 17.8 Å². The maximum absolute atomic E-state index is 3.95. The van der Waals surface area contributed by atoms with E-state index in [0.717, 1.165) is 11.7 Å². The molecule has 0 aromatic carbocycles. The predicted octanol–water partition coefficient (Wildman–Crippen LogP) is 0.628. The normalized spacial score (nSPS) is 19.8. The van der Waals surface area contributed by atoms with E-state index in [4.69, 9.17) is 0 Å². The topological polar surface area (TPSA) is 26.5 Å². The van der Waals surface area contributed by atoms with Crippen molar-refractivity contribution in [2.75, 3.05) is 5.88 Å². The van der Waals surface area contributed by atoms with Crippen LogP contribution in [-0.4, -0.2) is 11.7 Å². The Kier molecular flexibility index (Phi) is 1.01. The van der Waals surface area contributed by atoms with Crippen LogP contribution in [0.5, 0.6) is 0 Å². The van der Waals surface area contributed by atoms with E-state index in [-0.39, 0.29) is 0 Å². The van der Waals surface area contributed by atoms with Crippen molar-refractivity contribution < 1.29 is 0 Å². The van der Waals surface area contributed by atoms with Crippen LogP contribution in [0.2, 0.25) is 0 Å². The van der Waals surface area contributed by atoms with E-state index in [9.17, 15) is 0 Å². The average molecular weight is 101 g/mol. The van der Waals surface area contributed by atoms with Gasteiger partial charge < -0.3 is 0 Å². The highest BCUT2D eigenvalue weighted by atomic mass is 32.2. The molecule has 1 rings (SSSR count). The third kappa shape index (κ3) is 0.653. The van der Waals surface area contributed by atoms with Gasteiger partial charge in [0.2, 0.25) is 0 Å². The van der Waals surface area contributed by atoms with Gasteiger partial charge in [0.05, 0.1) is 0 Å². The third-order valence-corrected chi connectivity index (χ3v) is 1.19. The minimum Gasteiger partial charge on any atom is -0.257 e. The van der Waals surface area contributed by atoms with Crippen molar-refractivity contribution in [3.8, 4) is 0 Å². The lowest BCUT2D eigenvalue weighted by Crippen LogP contribution is -2.02. The Hall–Kier alpha value is -0.180. The van der Waals surface area contributed by atoms with Crippen LogP contribution in [0.1, 0.15) is 6.92 Å². The molecule has 0 aromatic rings. The molecule has 6 heavy (non-hydrogen) atoms. The summed E-state index contributed by atoms with van der Waals surface area (Å²) in [6.45, 7) is 1.90. The van der Waals surface area contributed by atoms with E-state index >= 15 is 0 Å². The molecular formula is C3H5N2S. The van der Waals surface area contributed by atoms with Gasteiger partial charge in [0.25, 0.3) is 0 Å². The van der Waals surface area contributed by atoms with E-state index in [0.29, 0.717) is 0 Å². The van der Waals surface area contributed by atoms with Gasteiger partial charge in [0.15, 0.2) is 0 Å². The molecular weight excluding hydrogens is 96.1 g/mol. The smallest absolute Gasteiger partial charge is 0.129 e. The van der Waals surface area contributed by atoms with Crippen molar-refractivity contribution in [2.24, 2.45) is 4.40 Å². The first-order chi connectivity index (χ1) is 2.89. The van der Waals surface area contributed by atoms with E-state index < -0.39 is 0 Å². The Morgan fingerprint density at radius 3 is 2.83 bits per heavy atom. The van der Waals surface area contributed by atoms with Crippen LogP contribution in [-0.2, 0) is 0 Å². The van der Waals surface area contributed by atoms with Gasteiger partial charge in [-0.3, -0.25) is 5.32 Å². The fourth-order valence-corrected chi connectivity index (χ4v) is 0.820. The van der Waals surface area contributed by atoms with E-state index in [2.05, 4.69) is 9.71 Å². The van der Waals surface area contributed by atoms with Crippen LogP contribution in [0.25, 0.3) is 0 Å². The maximum atomic E-state index is 3.95. The molecule has 0 aliphatic carbocycles. The summed E-state index contributed by atoms with van der Waals surface area (Å²) in [5.41, 5.74) is 0. The fraction of sp³-hybridized carbons (Fsp3) is 0.667. The van der Waals surface area contributed by atoms with Gasteiger partial charge in [0.1, 0.15) is 11.7 Å². The fourth-order valence-electron chi connectivity index (χ4n) is 0.273. The Balaban J connectivity index is 2.45. The Morgan fingerprint density at radius 1 is 1.83 bits per heavy atom. The van der Waals surface area contributed by atoms with Gasteiger partial charge >= 0.3 is 0 Å². The Bertz CT molecular complexity index is 78.9. The van der Waals surface area contributed by atoms with E-state index in [1.54, 1.807) is 0 Å². The predicted molar refractivity (Wildman–Crippen MR) is 27.7 cm³/mol. The SMILES string of the molecule is CC1=NSC[N]1. The summed E-state index contributed by atoms with van der Waals surface area (Å²) in [5, 5.41) is 3.95. The van der Waals surface area contributed by atoms with Gasteiger partial charge in [-0.1, -0.05) is 0 Å². The van der Waals surface area contributed by atoms with Crippen LogP contribution >= 0.6 is 11.9 Å². The van der Waals surface area contributed by atoms with Gasteiger partial charge in [-0.05, 0) is 18.9 Å². The van der Waals surface area contributed by atoms with Crippen LogP contribution in [0.3, 0.4) is 0 Å². The first-order valence-corrected chi connectivity index (χ1v) is 2.68. The summed E-state index contributed by atoms with van der Waals surface area (Å²) in [5.74, 6) is 1.74. The monoisotopic (exact) mass is 101 g/mol. The lowest BCUT2D eigenvalue weighted by Gasteiger charge is -1.78. The molecule has 0 unspecified atom stereocenters. The van der Waals surface area contributed by atoms with Crippen molar-refractivity contribution in [1.82, 2.24) is 5.32 Å². The molecule has 0 aromatic heterocycles. The molecule has 1 aliphatic heterocycles. The zero-order valence-corrected chi connectivity index (χ0v) is 4.33. The molecule has 2 nitrogen and oxygen atoms in total. The lowest BCUT2D eigenvalue weighted by molar-refractivity contribution is 1.12. The van der Waals surface area contributed by atoms with Crippen LogP contribution in [0.4, 0.5) is 0 Å². The standard InChI is InChI=1S/C3H5N2S/c1-3-4-2-6-5-3/h2H2,1H3. The molecule has 3 heteroatoms. The van der Waals surface area contributed by atoms with Crippen molar-refractivity contribution in [3.05, 3.63) is 0 Å². The van der Waals surface area contributed by atoms with Gasteiger partial charge in [-0.25, -0.2) is 4.40 Å². The van der Waals surface area contributed by atoms with Crippen molar-refractivity contribution in [2.45, 2.75) is 6.92 Å². The molecule has 0 fully saturated rings. The zero-order valence-electron chi connectivity index (χ0n) is 3.51. The van der Waals surface area contributed by atoms with Gasteiger partial charge in [-0.2, -0.15) is 0 Å². The molecule has 1 radical (unpaired) electrons. The van der Waals surface area contributed by atoms with Crippen LogP contribution < -0.4 is 5.32 Å². The summed E-state index contributed by atoms with van der Waals surface area (Å²) in [4.78, 5) is 0. The largest absolute Gasteiger partial charge is 0.257 e. The lowest BCUT2D eigenvalue weighted by atomic mass is 10.7. The summed E-state index contributed by atoms with van der Waals surface area (Å²) >= 11 is 1.50. The van der Waals surface area contributed by atoms with Crippen LogP contribution in [0, 0.1) is 0 Å². The number of hydrogen-bond donors (Lipinski definition) is 0. The molecule has 0 saturated carbocycles. The molecule has 0 amide bonds. The maximum Gasteiger partial charge on any atom is 0.129 e. The first kappa shape index (κ1) is 3.99. The average Bonchev–Trinajstić information content (AvgIpc) is 1.86. The molecule has 33 valence electrons. The quantitative estimate of drug-likeness (QED) is 0.411. The van der Waals surface area contributed by atoms with Gasteiger partial charge in [0, 0.05) is 0 Å². The second kappa shape index (κ2) is 1.51. The van der Waals surface area contributed by atoms with Gasteiger partial charge in [-0.15, -0.1) is 0 Å².